The Kier molecular flexibility index (Phi) is 4.06. The third-order valence-corrected chi connectivity index (χ3v) is 3.77. The van der Waals surface area contributed by atoms with E-state index >= 15 is 0 Å². The predicted octanol–water partition coefficient (Wildman–Crippen LogP) is 3.55. The van der Waals surface area contributed by atoms with Crippen molar-refractivity contribution in [2.24, 2.45) is 0 Å². The fourth-order valence-electron chi connectivity index (χ4n) is 2.82. The molecule has 0 aliphatic heterocycles. The van der Waals surface area contributed by atoms with Crippen LogP contribution in [0.5, 0.6) is 5.75 Å². The van der Waals surface area contributed by atoms with Crippen LogP contribution in [0.3, 0.4) is 0 Å². The molecule has 2 atom stereocenters. The molecular formula is C15H23NO. The van der Waals surface area contributed by atoms with Crippen molar-refractivity contribution in [3.63, 3.8) is 0 Å². The fourth-order valence-corrected chi connectivity index (χ4v) is 2.82. The molecule has 0 amide bonds. The monoisotopic (exact) mass is 233 g/mol. The van der Waals surface area contributed by atoms with Gasteiger partial charge >= 0.3 is 0 Å². The van der Waals surface area contributed by atoms with Gasteiger partial charge in [-0.3, -0.25) is 0 Å². The van der Waals surface area contributed by atoms with Gasteiger partial charge < -0.3 is 10.4 Å². The third kappa shape index (κ3) is 2.81. The van der Waals surface area contributed by atoms with E-state index in [1.165, 1.54) is 36.8 Å². The number of fused-ring (bicyclic) bond motifs is 1. The second kappa shape index (κ2) is 5.54. The van der Waals surface area contributed by atoms with Crippen LogP contribution in [-0.2, 0) is 6.42 Å². The Hall–Kier alpha value is -1.02. The van der Waals surface area contributed by atoms with Gasteiger partial charge in [0.1, 0.15) is 5.75 Å². The van der Waals surface area contributed by atoms with Gasteiger partial charge in [0.2, 0.25) is 0 Å². The quantitative estimate of drug-likeness (QED) is 0.815. The van der Waals surface area contributed by atoms with E-state index < -0.39 is 0 Å². The van der Waals surface area contributed by atoms with Gasteiger partial charge in [-0.1, -0.05) is 26.3 Å². The number of aromatic hydroxyl groups is 1. The fraction of sp³-hybridized carbons (Fsp3) is 0.600. The van der Waals surface area contributed by atoms with Crippen LogP contribution in [0.15, 0.2) is 18.2 Å². The second-order valence-electron chi connectivity index (χ2n) is 5.03. The zero-order valence-corrected chi connectivity index (χ0v) is 10.9. The number of phenols is 1. The molecule has 1 aromatic carbocycles. The Bertz CT molecular complexity index is 375. The summed E-state index contributed by atoms with van der Waals surface area (Å²) >= 11 is 0. The van der Waals surface area contributed by atoms with E-state index in [0.717, 1.165) is 6.42 Å². The summed E-state index contributed by atoms with van der Waals surface area (Å²) in [4.78, 5) is 0. The van der Waals surface area contributed by atoms with E-state index in [9.17, 15) is 5.11 Å². The van der Waals surface area contributed by atoms with Gasteiger partial charge in [-0.2, -0.15) is 0 Å². The zero-order valence-electron chi connectivity index (χ0n) is 10.9. The van der Waals surface area contributed by atoms with Crippen LogP contribution in [0.2, 0.25) is 0 Å². The Morgan fingerprint density at radius 1 is 1.41 bits per heavy atom. The maximum atomic E-state index is 9.47. The van der Waals surface area contributed by atoms with Gasteiger partial charge in [0.25, 0.3) is 0 Å². The summed E-state index contributed by atoms with van der Waals surface area (Å²) < 4.78 is 0. The lowest BCUT2D eigenvalue weighted by molar-refractivity contribution is 0.400. The largest absolute Gasteiger partial charge is 0.508 e. The molecule has 0 spiro atoms. The molecule has 0 saturated heterocycles. The first-order valence-electron chi connectivity index (χ1n) is 6.82. The highest BCUT2D eigenvalue weighted by atomic mass is 16.3. The number of nitrogens with one attached hydrogen (secondary N) is 1. The molecule has 2 nitrogen and oxygen atoms in total. The highest BCUT2D eigenvalue weighted by Crippen LogP contribution is 2.33. The average molecular weight is 233 g/mol. The Balaban J connectivity index is 2.06. The van der Waals surface area contributed by atoms with Crippen LogP contribution in [-0.4, -0.2) is 11.1 Å². The molecule has 1 aromatic rings. The first kappa shape index (κ1) is 12.4. The lowest BCUT2D eigenvalue weighted by atomic mass is 10.0. The number of aryl methyl sites for hydroxylation is 1. The molecular weight excluding hydrogens is 210 g/mol. The van der Waals surface area contributed by atoms with E-state index in [1.807, 2.05) is 6.07 Å². The first-order chi connectivity index (χ1) is 8.24. The molecule has 2 unspecified atom stereocenters. The van der Waals surface area contributed by atoms with Crippen LogP contribution in [0, 0.1) is 0 Å². The van der Waals surface area contributed by atoms with Gasteiger partial charge in [0.15, 0.2) is 0 Å². The van der Waals surface area contributed by atoms with Crippen molar-refractivity contribution >= 4 is 0 Å². The van der Waals surface area contributed by atoms with Crippen molar-refractivity contribution in [2.45, 2.75) is 58.0 Å². The Labute approximate surface area is 104 Å². The minimum atomic E-state index is 0.394. The van der Waals surface area contributed by atoms with Crippen molar-refractivity contribution < 1.29 is 5.11 Å². The van der Waals surface area contributed by atoms with Crippen LogP contribution in [0.4, 0.5) is 0 Å². The summed E-state index contributed by atoms with van der Waals surface area (Å²) in [5.74, 6) is 0.394. The molecule has 0 heterocycles. The van der Waals surface area contributed by atoms with Crippen LogP contribution >= 0.6 is 0 Å². The summed E-state index contributed by atoms with van der Waals surface area (Å²) in [5, 5.41) is 13.2. The maximum absolute atomic E-state index is 9.47. The molecule has 94 valence electrons. The summed E-state index contributed by atoms with van der Waals surface area (Å²) in [6.45, 7) is 4.49. The van der Waals surface area contributed by atoms with Crippen LogP contribution in [0.1, 0.15) is 56.7 Å². The number of hydrogen-bond acceptors (Lipinski definition) is 2. The van der Waals surface area contributed by atoms with Crippen molar-refractivity contribution in [2.75, 3.05) is 0 Å². The summed E-state index contributed by atoms with van der Waals surface area (Å²) in [6, 6.07) is 6.91. The highest BCUT2D eigenvalue weighted by Gasteiger charge is 2.24. The van der Waals surface area contributed by atoms with Gasteiger partial charge in [0, 0.05) is 12.1 Å². The first-order valence-corrected chi connectivity index (χ1v) is 6.82. The average Bonchev–Trinajstić information content (AvgIpc) is 2.71. The smallest absolute Gasteiger partial charge is 0.115 e. The lowest BCUT2D eigenvalue weighted by Gasteiger charge is -2.22. The van der Waals surface area contributed by atoms with Gasteiger partial charge in [-0.05, 0) is 48.9 Å². The van der Waals surface area contributed by atoms with Crippen molar-refractivity contribution in [1.82, 2.24) is 5.32 Å². The lowest BCUT2D eigenvalue weighted by Crippen LogP contribution is -2.31. The van der Waals surface area contributed by atoms with Gasteiger partial charge in [-0.25, -0.2) is 0 Å². The number of rotatable bonds is 5. The van der Waals surface area contributed by atoms with Crippen molar-refractivity contribution in [3.8, 4) is 5.75 Å². The van der Waals surface area contributed by atoms with E-state index in [0.29, 0.717) is 17.8 Å². The number of benzene rings is 1. The van der Waals surface area contributed by atoms with Crippen LogP contribution in [0.25, 0.3) is 0 Å². The Morgan fingerprint density at radius 2 is 2.24 bits per heavy atom. The molecule has 17 heavy (non-hydrogen) atoms. The molecule has 2 heteroatoms. The molecule has 1 aliphatic rings. The van der Waals surface area contributed by atoms with Gasteiger partial charge in [0.05, 0.1) is 0 Å². The summed E-state index contributed by atoms with van der Waals surface area (Å²) in [5.41, 5.74) is 2.70. The Morgan fingerprint density at radius 3 is 2.94 bits per heavy atom. The predicted molar refractivity (Wildman–Crippen MR) is 71.3 cm³/mol. The van der Waals surface area contributed by atoms with E-state index in [4.69, 9.17) is 0 Å². The zero-order chi connectivity index (χ0) is 12.3. The normalized spacial score (nSPS) is 20.2. The van der Waals surface area contributed by atoms with Crippen molar-refractivity contribution in [3.05, 3.63) is 29.3 Å². The second-order valence-corrected chi connectivity index (χ2v) is 5.03. The third-order valence-electron chi connectivity index (χ3n) is 3.77. The van der Waals surface area contributed by atoms with Gasteiger partial charge in [-0.15, -0.1) is 0 Å². The number of hydrogen-bond donors (Lipinski definition) is 2. The SMILES string of the molecule is CCCC(CC)NC1CCc2cc(O)ccc21. The summed E-state index contributed by atoms with van der Waals surface area (Å²) in [7, 11) is 0. The molecule has 0 fully saturated rings. The molecule has 2 rings (SSSR count). The highest BCUT2D eigenvalue weighted by molar-refractivity contribution is 5.40. The standard InChI is InChI=1S/C15H23NO/c1-3-5-12(4-2)16-15-9-6-11-10-13(17)7-8-14(11)15/h7-8,10,12,15-17H,3-6,9H2,1-2H3. The molecule has 0 radical (unpaired) electrons. The molecule has 0 saturated carbocycles. The molecule has 0 bridgehead atoms. The van der Waals surface area contributed by atoms with E-state index in [1.54, 1.807) is 6.07 Å². The molecule has 1 aliphatic carbocycles. The molecule has 2 N–H and O–H groups in total. The molecule has 0 aromatic heterocycles. The minimum Gasteiger partial charge on any atom is -0.508 e. The summed E-state index contributed by atoms with van der Waals surface area (Å²) in [6.07, 6.45) is 5.93. The minimum absolute atomic E-state index is 0.394. The van der Waals surface area contributed by atoms with E-state index in [2.05, 4.69) is 25.2 Å². The number of phenolic OH excluding ortho intramolecular Hbond substituents is 1. The maximum Gasteiger partial charge on any atom is 0.115 e. The van der Waals surface area contributed by atoms with E-state index in [-0.39, 0.29) is 0 Å². The van der Waals surface area contributed by atoms with Crippen molar-refractivity contribution in [1.29, 1.82) is 0 Å². The van der Waals surface area contributed by atoms with Crippen LogP contribution < -0.4 is 5.32 Å². The topological polar surface area (TPSA) is 32.3 Å².